The summed E-state index contributed by atoms with van der Waals surface area (Å²) in [5.74, 6) is 3.34. The highest BCUT2D eigenvalue weighted by atomic mass is 16.1. The number of hydrogen-bond acceptors (Lipinski definition) is 3. The number of piperazine rings is 1. The summed E-state index contributed by atoms with van der Waals surface area (Å²) in [5.41, 5.74) is 3.33. The molecule has 6 rings (SSSR count). The summed E-state index contributed by atoms with van der Waals surface area (Å²) in [6.07, 6.45) is 2.54. The first-order valence-electron chi connectivity index (χ1n) is 14.5. The molecule has 0 aromatic heterocycles. The second-order valence-electron chi connectivity index (χ2n) is 12.5. The van der Waals surface area contributed by atoms with E-state index in [1.807, 2.05) is 42.5 Å². The first kappa shape index (κ1) is 26.7. The molecule has 2 aromatic carbocycles. The lowest BCUT2D eigenvalue weighted by Crippen LogP contribution is -2.57. The van der Waals surface area contributed by atoms with Gasteiger partial charge in [0.25, 0.3) is 5.91 Å². The minimum Gasteiger partial charge on any atom is -0.351 e. The van der Waals surface area contributed by atoms with Crippen LogP contribution >= 0.6 is 0 Å². The molecule has 1 saturated heterocycles. The van der Waals surface area contributed by atoms with Gasteiger partial charge in [0.05, 0.1) is 6.04 Å². The Bertz CT molecular complexity index is 1130. The van der Waals surface area contributed by atoms with E-state index in [2.05, 4.69) is 67.6 Å². The molecule has 3 saturated carbocycles. The molecule has 0 radical (unpaired) electrons. The molecule has 204 valence electrons. The SMILES string of the molecule is C[C@@H]1[C@@H](N=C(Nc2ccc(C(=O)NC[C@@H](C)c3ccccc3)cc2)N2CCN[C@@H](C)C2)C[C@H]2C[C@@H]1C2(C)C. The molecule has 6 atom stereocenters. The summed E-state index contributed by atoms with van der Waals surface area (Å²) in [4.78, 5) is 20.6. The van der Waals surface area contributed by atoms with Crippen LogP contribution in [0.2, 0.25) is 0 Å². The Kier molecular flexibility index (Phi) is 7.80. The van der Waals surface area contributed by atoms with Gasteiger partial charge in [0.1, 0.15) is 0 Å². The van der Waals surface area contributed by atoms with Crippen LogP contribution < -0.4 is 16.0 Å². The van der Waals surface area contributed by atoms with E-state index in [9.17, 15) is 4.79 Å². The number of benzene rings is 2. The molecule has 6 heteroatoms. The summed E-state index contributed by atoms with van der Waals surface area (Å²) in [6.45, 7) is 15.1. The summed E-state index contributed by atoms with van der Waals surface area (Å²) >= 11 is 0. The Balaban J connectivity index is 1.26. The third-order valence-corrected chi connectivity index (χ3v) is 9.61. The minimum atomic E-state index is -0.0398. The highest BCUT2D eigenvalue weighted by molar-refractivity contribution is 5.96. The Morgan fingerprint density at radius 1 is 1.11 bits per heavy atom. The number of amides is 1. The lowest BCUT2D eigenvalue weighted by molar-refractivity contribution is -0.108. The van der Waals surface area contributed by atoms with Gasteiger partial charge in [-0.25, -0.2) is 4.99 Å². The molecule has 1 heterocycles. The normalized spacial score (nSPS) is 29.2. The molecule has 1 amide bonds. The van der Waals surface area contributed by atoms with Crippen molar-refractivity contribution in [2.24, 2.45) is 28.2 Å². The third-order valence-electron chi connectivity index (χ3n) is 9.61. The molecule has 3 N–H and O–H groups in total. The van der Waals surface area contributed by atoms with Gasteiger partial charge < -0.3 is 20.9 Å². The molecule has 0 spiro atoms. The molecular formula is C32H45N5O. The number of nitrogens with one attached hydrogen (secondary N) is 3. The number of guanidine groups is 1. The summed E-state index contributed by atoms with van der Waals surface area (Å²) < 4.78 is 0. The van der Waals surface area contributed by atoms with Gasteiger partial charge in [0, 0.05) is 43.5 Å². The number of carbonyl (C=O) groups excluding carboxylic acids is 1. The van der Waals surface area contributed by atoms with E-state index < -0.39 is 0 Å². The average molecular weight is 516 g/mol. The molecule has 3 aliphatic carbocycles. The van der Waals surface area contributed by atoms with E-state index >= 15 is 0 Å². The van der Waals surface area contributed by atoms with E-state index in [1.54, 1.807) is 0 Å². The fourth-order valence-corrected chi connectivity index (χ4v) is 6.85. The zero-order valence-corrected chi connectivity index (χ0v) is 23.7. The highest BCUT2D eigenvalue weighted by Gasteiger charge is 2.56. The van der Waals surface area contributed by atoms with Crippen molar-refractivity contribution in [1.82, 2.24) is 15.5 Å². The molecule has 38 heavy (non-hydrogen) atoms. The van der Waals surface area contributed by atoms with Crippen LogP contribution in [0.1, 0.15) is 69.3 Å². The van der Waals surface area contributed by atoms with Crippen LogP contribution in [-0.4, -0.2) is 55.0 Å². The molecule has 1 aliphatic heterocycles. The standard InChI is InChI=1S/C32H45N5O/c1-21(24-9-7-6-8-10-24)19-34-30(38)25-11-13-27(14-12-25)35-31(37-16-15-33-22(2)20-37)36-29-18-26-17-28(23(29)3)32(26,4)5/h6-14,21-23,26,28-29,33H,15-20H2,1-5H3,(H,34,38)(H,35,36)/t21-,22+,23+,26-,28+,29+/m1/s1. The lowest BCUT2D eigenvalue weighted by atomic mass is 9.45. The van der Waals surface area contributed by atoms with Gasteiger partial charge in [0.15, 0.2) is 5.96 Å². The number of carbonyl (C=O) groups is 1. The Labute approximate surface area is 228 Å². The van der Waals surface area contributed by atoms with Gasteiger partial charge in [-0.2, -0.15) is 0 Å². The average Bonchev–Trinajstić information content (AvgIpc) is 2.92. The van der Waals surface area contributed by atoms with Crippen LogP contribution in [0.25, 0.3) is 0 Å². The zero-order valence-electron chi connectivity index (χ0n) is 23.7. The van der Waals surface area contributed by atoms with Crippen LogP contribution in [0.15, 0.2) is 59.6 Å². The smallest absolute Gasteiger partial charge is 0.251 e. The summed E-state index contributed by atoms with van der Waals surface area (Å²) in [5, 5.41) is 10.3. The van der Waals surface area contributed by atoms with Gasteiger partial charge >= 0.3 is 0 Å². The maximum atomic E-state index is 12.8. The predicted octanol–water partition coefficient (Wildman–Crippen LogP) is 5.35. The molecular weight excluding hydrogens is 470 g/mol. The van der Waals surface area contributed by atoms with Crippen molar-refractivity contribution in [3.63, 3.8) is 0 Å². The van der Waals surface area contributed by atoms with E-state index in [-0.39, 0.29) is 11.8 Å². The van der Waals surface area contributed by atoms with E-state index in [0.29, 0.717) is 35.5 Å². The number of aliphatic imine (C=N–C) groups is 1. The first-order valence-corrected chi connectivity index (χ1v) is 14.5. The van der Waals surface area contributed by atoms with Gasteiger partial charge in [-0.1, -0.05) is 58.0 Å². The van der Waals surface area contributed by atoms with Crippen molar-refractivity contribution in [2.75, 3.05) is 31.5 Å². The Morgan fingerprint density at radius 2 is 1.84 bits per heavy atom. The van der Waals surface area contributed by atoms with Gasteiger partial charge in [-0.05, 0) is 78.7 Å². The van der Waals surface area contributed by atoms with Gasteiger partial charge in [-0.3, -0.25) is 4.79 Å². The zero-order chi connectivity index (χ0) is 26.9. The topological polar surface area (TPSA) is 68.8 Å². The molecule has 2 aromatic rings. The quantitative estimate of drug-likeness (QED) is 0.358. The van der Waals surface area contributed by atoms with Crippen molar-refractivity contribution in [3.8, 4) is 0 Å². The van der Waals surface area contributed by atoms with E-state index in [4.69, 9.17) is 4.99 Å². The van der Waals surface area contributed by atoms with Crippen molar-refractivity contribution >= 4 is 17.6 Å². The highest BCUT2D eigenvalue weighted by Crippen LogP contribution is 2.61. The lowest BCUT2D eigenvalue weighted by Gasteiger charge is -2.61. The number of nitrogens with zero attached hydrogens (tertiary/aromatic N) is 2. The van der Waals surface area contributed by atoms with Crippen LogP contribution in [-0.2, 0) is 0 Å². The number of anilines is 1. The molecule has 0 unspecified atom stereocenters. The Morgan fingerprint density at radius 3 is 2.50 bits per heavy atom. The first-order chi connectivity index (χ1) is 18.2. The predicted molar refractivity (Wildman–Crippen MR) is 157 cm³/mol. The summed E-state index contributed by atoms with van der Waals surface area (Å²) in [7, 11) is 0. The van der Waals surface area contributed by atoms with E-state index in [0.717, 1.165) is 43.1 Å². The number of fused-ring (bicyclic) bond motifs is 2. The van der Waals surface area contributed by atoms with Crippen LogP contribution in [0.3, 0.4) is 0 Å². The Hall–Kier alpha value is -2.86. The maximum absolute atomic E-state index is 12.8. The van der Waals surface area contributed by atoms with Crippen LogP contribution in [0, 0.1) is 23.2 Å². The van der Waals surface area contributed by atoms with Crippen molar-refractivity contribution in [3.05, 3.63) is 65.7 Å². The fourth-order valence-electron chi connectivity index (χ4n) is 6.85. The molecule has 2 bridgehead atoms. The van der Waals surface area contributed by atoms with E-state index in [1.165, 1.54) is 18.4 Å². The van der Waals surface area contributed by atoms with Crippen molar-refractivity contribution in [1.29, 1.82) is 0 Å². The van der Waals surface area contributed by atoms with Gasteiger partial charge in [0.2, 0.25) is 0 Å². The second kappa shape index (κ2) is 11.1. The number of rotatable bonds is 6. The summed E-state index contributed by atoms with van der Waals surface area (Å²) in [6, 6.07) is 18.9. The van der Waals surface area contributed by atoms with Crippen molar-refractivity contribution < 1.29 is 4.79 Å². The molecule has 4 fully saturated rings. The molecule has 4 aliphatic rings. The monoisotopic (exact) mass is 515 g/mol. The fraction of sp³-hybridized carbons (Fsp3) is 0.562. The molecule has 6 nitrogen and oxygen atoms in total. The van der Waals surface area contributed by atoms with Crippen molar-refractivity contribution in [2.45, 2.75) is 65.5 Å². The largest absolute Gasteiger partial charge is 0.351 e. The van der Waals surface area contributed by atoms with Crippen LogP contribution in [0.5, 0.6) is 0 Å². The maximum Gasteiger partial charge on any atom is 0.251 e. The van der Waals surface area contributed by atoms with Gasteiger partial charge in [-0.15, -0.1) is 0 Å². The second-order valence-corrected chi connectivity index (χ2v) is 12.5. The number of hydrogen-bond donors (Lipinski definition) is 3. The van der Waals surface area contributed by atoms with Crippen LogP contribution in [0.4, 0.5) is 5.69 Å². The third kappa shape index (κ3) is 5.61. The minimum absolute atomic E-state index is 0.0398.